The molecule has 0 amide bonds. The first-order valence-corrected chi connectivity index (χ1v) is 9.38. The molecule has 0 aliphatic rings. The maximum atomic E-state index is 12.2. The van der Waals surface area contributed by atoms with E-state index in [4.69, 9.17) is 0 Å². The van der Waals surface area contributed by atoms with Gasteiger partial charge < -0.3 is 4.55 Å². The third kappa shape index (κ3) is 4.81. The summed E-state index contributed by atoms with van der Waals surface area (Å²) < 4.78 is 16.4. The lowest BCUT2D eigenvalue weighted by atomic mass is 10.00. The molecule has 3 aromatic rings. The lowest BCUT2D eigenvalue weighted by Crippen LogP contribution is -1.98. The van der Waals surface area contributed by atoms with Crippen LogP contribution in [0, 0.1) is 13.8 Å². The third-order valence-electron chi connectivity index (χ3n) is 4.16. The van der Waals surface area contributed by atoms with Crippen LogP contribution in [0.5, 0.6) is 0 Å². The molecule has 3 aromatic carbocycles. The van der Waals surface area contributed by atoms with E-state index in [1.807, 2.05) is 43.3 Å². The van der Waals surface area contributed by atoms with Crippen molar-refractivity contribution < 1.29 is 4.55 Å². The van der Waals surface area contributed by atoms with Crippen molar-refractivity contribution in [3.05, 3.63) is 101 Å². The summed E-state index contributed by atoms with van der Waals surface area (Å²) in [5.41, 5.74) is 6.00. The topological polar surface area (TPSA) is 35.4 Å². The fraction of sp³-hybridized carbons (Fsp3) is 0.136. The Hall–Kier alpha value is -2.36. The van der Waals surface area contributed by atoms with Crippen molar-refractivity contribution in [2.45, 2.75) is 25.2 Å². The molecule has 3 rings (SSSR count). The van der Waals surface area contributed by atoms with Gasteiger partial charge in [0, 0.05) is 0 Å². The average Bonchev–Trinajstić information content (AvgIpc) is 2.63. The Bertz CT molecular complexity index is 854. The lowest BCUT2D eigenvalue weighted by molar-refractivity contribution is 0.597. The van der Waals surface area contributed by atoms with Gasteiger partial charge in [-0.3, -0.25) is 0 Å². The molecule has 0 N–H and O–H groups in total. The molecular formula is C22H21NOS. The molecule has 0 aliphatic carbocycles. The van der Waals surface area contributed by atoms with E-state index in [1.165, 1.54) is 16.7 Å². The summed E-state index contributed by atoms with van der Waals surface area (Å²) in [7, 11) is 0. The number of benzene rings is 3. The molecule has 0 radical (unpaired) electrons. The largest absolute Gasteiger partial charge is 0.586 e. The van der Waals surface area contributed by atoms with Gasteiger partial charge in [0.25, 0.3) is 0 Å². The van der Waals surface area contributed by atoms with Crippen molar-refractivity contribution in [3.63, 3.8) is 0 Å². The van der Waals surface area contributed by atoms with Crippen LogP contribution in [-0.2, 0) is 17.8 Å². The molecule has 0 bridgehead atoms. The maximum Gasteiger partial charge on any atom is 0.182 e. The molecule has 0 saturated heterocycles. The minimum atomic E-state index is -1.36. The third-order valence-corrected chi connectivity index (χ3v) is 5.13. The van der Waals surface area contributed by atoms with Crippen LogP contribution in [0.1, 0.15) is 27.8 Å². The molecule has 0 aromatic heterocycles. The zero-order valence-corrected chi connectivity index (χ0v) is 15.3. The van der Waals surface area contributed by atoms with Crippen LogP contribution in [0.15, 0.2) is 82.1 Å². The van der Waals surface area contributed by atoms with Gasteiger partial charge in [-0.25, -0.2) is 0 Å². The van der Waals surface area contributed by atoms with Gasteiger partial charge in [0.05, 0.1) is 6.21 Å². The summed E-state index contributed by atoms with van der Waals surface area (Å²) in [5, 5.41) is 0. The van der Waals surface area contributed by atoms with Crippen LogP contribution >= 0.6 is 0 Å². The van der Waals surface area contributed by atoms with Crippen LogP contribution in [0.25, 0.3) is 0 Å². The highest BCUT2D eigenvalue weighted by Gasteiger charge is 2.08. The molecule has 0 unspecified atom stereocenters. The minimum Gasteiger partial charge on any atom is -0.586 e. The van der Waals surface area contributed by atoms with Crippen LogP contribution in [0.4, 0.5) is 0 Å². The molecule has 1 atom stereocenters. The van der Waals surface area contributed by atoms with Crippen molar-refractivity contribution >= 4 is 17.6 Å². The normalized spacial score (nSPS) is 12.4. The number of hydrogen-bond donors (Lipinski definition) is 0. The van der Waals surface area contributed by atoms with Gasteiger partial charge in [-0.05, 0) is 54.7 Å². The van der Waals surface area contributed by atoms with Gasteiger partial charge in [-0.15, -0.1) is 0 Å². The summed E-state index contributed by atoms with van der Waals surface area (Å²) in [6.07, 6.45) is 2.59. The maximum absolute atomic E-state index is 12.2. The fourth-order valence-electron chi connectivity index (χ4n) is 2.57. The Balaban J connectivity index is 1.66. The molecule has 126 valence electrons. The second kappa shape index (κ2) is 8.15. The molecule has 25 heavy (non-hydrogen) atoms. The van der Waals surface area contributed by atoms with Crippen LogP contribution in [0.2, 0.25) is 0 Å². The summed E-state index contributed by atoms with van der Waals surface area (Å²) in [6, 6.07) is 24.3. The second-order valence-electron chi connectivity index (χ2n) is 6.14. The summed E-state index contributed by atoms with van der Waals surface area (Å²) in [6.45, 7) is 4.14. The first-order chi connectivity index (χ1) is 12.1. The number of aryl methyl sites for hydroxylation is 2. The van der Waals surface area contributed by atoms with E-state index in [2.05, 4.69) is 47.7 Å². The summed E-state index contributed by atoms with van der Waals surface area (Å²) >= 11 is -1.36. The average molecular weight is 347 g/mol. The zero-order chi connectivity index (χ0) is 17.6. The monoisotopic (exact) mass is 347 g/mol. The van der Waals surface area contributed by atoms with Crippen molar-refractivity contribution in [2.75, 3.05) is 0 Å². The van der Waals surface area contributed by atoms with Crippen LogP contribution < -0.4 is 0 Å². The molecule has 2 nitrogen and oxygen atoms in total. The highest BCUT2D eigenvalue weighted by atomic mass is 32.2. The van der Waals surface area contributed by atoms with Crippen LogP contribution in [-0.4, -0.2) is 10.8 Å². The van der Waals surface area contributed by atoms with E-state index in [0.717, 1.165) is 22.4 Å². The molecule has 0 spiro atoms. The molecule has 3 heteroatoms. The van der Waals surface area contributed by atoms with E-state index in [9.17, 15) is 4.55 Å². The van der Waals surface area contributed by atoms with Gasteiger partial charge >= 0.3 is 0 Å². The summed E-state index contributed by atoms with van der Waals surface area (Å²) in [5.74, 6) is 0. The molecule has 0 fully saturated rings. The first kappa shape index (κ1) is 17.5. The summed E-state index contributed by atoms with van der Waals surface area (Å²) in [4.78, 5) is 0.720. The van der Waals surface area contributed by atoms with Gasteiger partial charge in [0.2, 0.25) is 0 Å². The van der Waals surface area contributed by atoms with Gasteiger partial charge in [-0.1, -0.05) is 70.6 Å². The van der Waals surface area contributed by atoms with E-state index in [1.54, 1.807) is 6.21 Å². The Morgan fingerprint density at radius 3 is 2.24 bits per heavy atom. The van der Waals surface area contributed by atoms with E-state index in [-0.39, 0.29) is 0 Å². The molecular weight excluding hydrogens is 326 g/mol. The minimum absolute atomic E-state index is 0.720. The quantitative estimate of drug-likeness (QED) is 0.470. The van der Waals surface area contributed by atoms with E-state index < -0.39 is 11.4 Å². The Morgan fingerprint density at radius 1 is 0.880 bits per heavy atom. The fourth-order valence-corrected chi connectivity index (χ4v) is 3.28. The van der Waals surface area contributed by atoms with Crippen LogP contribution in [0.3, 0.4) is 0 Å². The van der Waals surface area contributed by atoms with Crippen molar-refractivity contribution in [3.8, 4) is 0 Å². The molecule has 0 heterocycles. The highest BCUT2D eigenvalue weighted by Crippen LogP contribution is 2.15. The Labute approximate surface area is 152 Å². The second-order valence-corrected chi connectivity index (χ2v) is 7.32. The highest BCUT2D eigenvalue weighted by molar-refractivity contribution is 7.90. The Kier molecular flexibility index (Phi) is 5.69. The van der Waals surface area contributed by atoms with E-state index in [0.29, 0.717) is 0 Å². The molecule has 0 saturated carbocycles. The number of nitrogens with zero attached hydrogens (tertiary/aromatic N) is 1. The van der Waals surface area contributed by atoms with Crippen molar-refractivity contribution in [2.24, 2.45) is 4.40 Å². The standard InChI is InChI=1S/C22H21NOS/c1-17-7-13-22(14-8-17)25(24)23-16-20-11-9-19(10-12-20)15-21-6-4-3-5-18(21)2/h3-14,16H,15H2,1-2H3/b23-16+/t25-/m1/s1. The van der Waals surface area contributed by atoms with Gasteiger partial charge in [0.1, 0.15) is 11.4 Å². The van der Waals surface area contributed by atoms with Crippen molar-refractivity contribution in [1.82, 2.24) is 0 Å². The van der Waals surface area contributed by atoms with Gasteiger partial charge in [0.15, 0.2) is 4.90 Å². The number of hydrogen-bond acceptors (Lipinski definition) is 2. The lowest BCUT2D eigenvalue weighted by Gasteiger charge is -2.06. The SMILES string of the molecule is Cc1ccc([S@@+]([O-])/N=C/c2ccc(Cc3ccccc3C)cc2)cc1. The smallest absolute Gasteiger partial charge is 0.182 e. The first-order valence-electron chi connectivity index (χ1n) is 8.28. The molecule has 0 aliphatic heterocycles. The van der Waals surface area contributed by atoms with Crippen molar-refractivity contribution in [1.29, 1.82) is 0 Å². The predicted molar refractivity (Wildman–Crippen MR) is 106 cm³/mol. The predicted octanol–water partition coefficient (Wildman–Crippen LogP) is 5.04. The van der Waals surface area contributed by atoms with E-state index >= 15 is 0 Å². The Morgan fingerprint density at radius 2 is 1.56 bits per heavy atom. The zero-order valence-electron chi connectivity index (χ0n) is 14.5. The van der Waals surface area contributed by atoms with Gasteiger partial charge in [-0.2, -0.15) is 0 Å². The number of rotatable bonds is 5.